The fraction of sp³-hybridized carbons (Fsp3) is 0.286. The zero-order valence-electron chi connectivity index (χ0n) is 11.0. The Morgan fingerprint density at radius 3 is 2.47 bits per heavy atom. The van der Waals surface area contributed by atoms with Crippen LogP contribution in [0.15, 0.2) is 34.3 Å². The number of nitrogens with two attached hydrogens (primary N) is 1. The number of aromatic nitrogens is 2. The van der Waals surface area contributed by atoms with Gasteiger partial charge in [0.2, 0.25) is 0 Å². The van der Waals surface area contributed by atoms with Gasteiger partial charge in [-0.25, -0.2) is 14.4 Å². The van der Waals surface area contributed by atoms with E-state index in [4.69, 9.17) is 5.73 Å². The van der Waals surface area contributed by atoms with E-state index in [1.807, 2.05) is 19.9 Å². The standard InChI is InChI=1S/C14H16FN3S/c1-9-7-10(2)18-14(17-9)19-13-4-3-12(15)8-11(13)5-6-16/h3-4,7-8H,5-6,16H2,1-2H3. The van der Waals surface area contributed by atoms with E-state index in [1.165, 1.54) is 23.9 Å². The van der Waals surface area contributed by atoms with Crippen LogP contribution in [0.5, 0.6) is 0 Å². The van der Waals surface area contributed by atoms with Crippen LogP contribution in [0.4, 0.5) is 4.39 Å². The van der Waals surface area contributed by atoms with Crippen molar-refractivity contribution in [1.82, 2.24) is 9.97 Å². The number of hydrogen-bond donors (Lipinski definition) is 1. The molecule has 0 aliphatic rings. The van der Waals surface area contributed by atoms with E-state index in [2.05, 4.69) is 9.97 Å². The molecule has 0 unspecified atom stereocenters. The number of rotatable bonds is 4. The van der Waals surface area contributed by atoms with Crippen molar-refractivity contribution < 1.29 is 4.39 Å². The van der Waals surface area contributed by atoms with Gasteiger partial charge in [0.15, 0.2) is 5.16 Å². The van der Waals surface area contributed by atoms with Gasteiger partial charge < -0.3 is 5.73 Å². The van der Waals surface area contributed by atoms with Crippen molar-refractivity contribution in [2.45, 2.75) is 30.3 Å². The molecule has 0 aliphatic carbocycles. The molecule has 0 bridgehead atoms. The van der Waals surface area contributed by atoms with Crippen LogP contribution in [-0.2, 0) is 6.42 Å². The fourth-order valence-corrected chi connectivity index (χ4v) is 2.84. The number of aryl methyl sites for hydroxylation is 2. The minimum Gasteiger partial charge on any atom is -0.330 e. The molecule has 0 fully saturated rings. The zero-order valence-corrected chi connectivity index (χ0v) is 11.8. The molecule has 0 saturated carbocycles. The van der Waals surface area contributed by atoms with Gasteiger partial charge in [-0.1, -0.05) is 0 Å². The molecule has 2 N–H and O–H groups in total. The quantitative estimate of drug-likeness (QED) is 0.873. The topological polar surface area (TPSA) is 51.8 Å². The third-order valence-electron chi connectivity index (χ3n) is 2.60. The van der Waals surface area contributed by atoms with Crippen LogP contribution in [0.3, 0.4) is 0 Å². The molecule has 19 heavy (non-hydrogen) atoms. The zero-order chi connectivity index (χ0) is 13.8. The summed E-state index contributed by atoms with van der Waals surface area (Å²) in [6.07, 6.45) is 0.644. The highest BCUT2D eigenvalue weighted by atomic mass is 32.2. The van der Waals surface area contributed by atoms with Crippen molar-refractivity contribution in [2.75, 3.05) is 6.54 Å². The Bertz CT molecular complexity index is 567. The molecule has 2 aromatic rings. The van der Waals surface area contributed by atoms with E-state index in [1.54, 1.807) is 6.07 Å². The molecular formula is C14H16FN3S. The van der Waals surface area contributed by atoms with Crippen LogP contribution >= 0.6 is 11.8 Å². The van der Waals surface area contributed by atoms with Crippen molar-refractivity contribution >= 4 is 11.8 Å². The van der Waals surface area contributed by atoms with E-state index in [-0.39, 0.29) is 5.82 Å². The molecule has 1 heterocycles. The predicted octanol–water partition coefficient (Wildman–Crippen LogP) is 2.88. The molecule has 0 atom stereocenters. The van der Waals surface area contributed by atoms with E-state index in [0.29, 0.717) is 18.1 Å². The Morgan fingerprint density at radius 2 is 1.84 bits per heavy atom. The third-order valence-corrected chi connectivity index (χ3v) is 3.58. The Hall–Kier alpha value is -1.46. The van der Waals surface area contributed by atoms with Crippen molar-refractivity contribution in [3.8, 4) is 0 Å². The molecule has 0 aliphatic heterocycles. The van der Waals surface area contributed by atoms with Crippen LogP contribution < -0.4 is 5.73 Å². The summed E-state index contributed by atoms with van der Waals surface area (Å²) in [5, 5.41) is 0.683. The molecular weight excluding hydrogens is 261 g/mol. The van der Waals surface area contributed by atoms with Gasteiger partial charge in [0.1, 0.15) is 5.82 Å². The van der Waals surface area contributed by atoms with Crippen LogP contribution in [0.25, 0.3) is 0 Å². The summed E-state index contributed by atoms with van der Waals surface area (Å²) in [4.78, 5) is 9.72. The maximum absolute atomic E-state index is 13.3. The Labute approximate surface area is 116 Å². The summed E-state index contributed by atoms with van der Waals surface area (Å²) in [6, 6.07) is 6.66. The van der Waals surface area contributed by atoms with Crippen molar-refractivity contribution in [2.24, 2.45) is 5.73 Å². The third kappa shape index (κ3) is 3.75. The molecule has 0 spiro atoms. The van der Waals surface area contributed by atoms with Gasteiger partial charge in [-0.2, -0.15) is 0 Å². The highest BCUT2D eigenvalue weighted by Gasteiger charge is 2.08. The fourth-order valence-electron chi connectivity index (χ4n) is 1.84. The molecule has 1 aromatic heterocycles. The SMILES string of the molecule is Cc1cc(C)nc(Sc2ccc(F)cc2CCN)n1. The Balaban J connectivity index is 2.31. The minimum absolute atomic E-state index is 0.242. The van der Waals surface area contributed by atoms with Crippen LogP contribution in [0.1, 0.15) is 17.0 Å². The number of halogens is 1. The lowest BCUT2D eigenvalue weighted by Gasteiger charge is -2.08. The van der Waals surface area contributed by atoms with Crippen molar-refractivity contribution in [3.05, 3.63) is 47.0 Å². The van der Waals surface area contributed by atoms with Crippen LogP contribution in [0, 0.1) is 19.7 Å². The molecule has 0 saturated heterocycles. The monoisotopic (exact) mass is 277 g/mol. The summed E-state index contributed by atoms with van der Waals surface area (Å²) in [5.41, 5.74) is 8.31. The molecule has 0 amide bonds. The highest BCUT2D eigenvalue weighted by molar-refractivity contribution is 7.99. The molecule has 0 radical (unpaired) electrons. The first kappa shape index (κ1) is 14.0. The lowest BCUT2D eigenvalue weighted by atomic mass is 10.1. The minimum atomic E-state index is -0.242. The first-order chi connectivity index (χ1) is 9.08. The maximum atomic E-state index is 13.3. The second-order valence-corrected chi connectivity index (χ2v) is 5.34. The molecule has 3 nitrogen and oxygen atoms in total. The number of nitrogens with zero attached hydrogens (tertiary/aromatic N) is 2. The van der Waals surface area contributed by atoms with Gasteiger partial charge in [0.25, 0.3) is 0 Å². The Morgan fingerprint density at radius 1 is 1.16 bits per heavy atom. The second kappa shape index (κ2) is 6.12. The molecule has 2 rings (SSSR count). The van der Waals surface area contributed by atoms with Gasteiger partial charge in [-0.05, 0) is 68.4 Å². The largest absolute Gasteiger partial charge is 0.330 e. The average molecular weight is 277 g/mol. The van der Waals surface area contributed by atoms with E-state index >= 15 is 0 Å². The van der Waals surface area contributed by atoms with E-state index < -0.39 is 0 Å². The van der Waals surface area contributed by atoms with Crippen LogP contribution in [-0.4, -0.2) is 16.5 Å². The lowest BCUT2D eigenvalue weighted by molar-refractivity contribution is 0.623. The molecule has 5 heteroatoms. The van der Waals surface area contributed by atoms with Crippen molar-refractivity contribution in [3.63, 3.8) is 0 Å². The number of hydrogen-bond acceptors (Lipinski definition) is 4. The first-order valence-electron chi connectivity index (χ1n) is 6.07. The molecule has 1 aromatic carbocycles. The summed E-state index contributed by atoms with van der Waals surface area (Å²) in [5.74, 6) is -0.242. The predicted molar refractivity (Wildman–Crippen MR) is 74.8 cm³/mol. The van der Waals surface area contributed by atoms with E-state index in [9.17, 15) is 4.39 Å². The van der Waals surface area contributed by atoms with Gasteiger partial charge in [-0.3, -0.25) is 0 Å². The van der Waals surface area contributed by atoms with Gasteiger partial charge in [0, 0.05) is 16.3 Å². The maximum Gasteiger partial charge on any atom is 0.192 e. The first-order valence-corrected chi connectivity index (χ1v) is 6.89. The Kier molecular flexibility index (Phi) is 4.50. The van der Waals surface area contributed by atoms with E-state index in [0.717, 1.165) is 21.8 Å². The molecule has 100 valence electrons. The lowest BCUT2D eigenvalue weighted by Crippen LogP contribution is -2.04. The van der Waals surface area contributed by atoms with Crippen LogP contribution in [0.2, 0.25) is 0 Å². The second-order valence-electron chi connectivity index (χ2n) is 4.33. The summed E-state index contributed by atoms with van der Waals surface area (Å²) in [7, 11) is 0. The smallest absolute Gasteiger partial charge is 0.192 e. The van der Waals surface area contributed by atoms with Gasteiger partial charge in [-0.15, -0.1) is 0 Å². The highest BCUT2D eigenvalue weighted by Crippen LogP contribution is 2.29. The summed E-state index contributed by atoms with van der Waals surface area (Å²) in [6.45, 7) is 4.36. The van der Waals surface area contributed by atoms with Crippen molar-refractivity contribution in [1.29, 1.82) is 0 Å². The summed E-state index contributed by atoms with van der Waals surface area (Å²) >= 11 is 1.45. The normalized spacial score (nSPS) is 10.7. The number of benzene rings is 1. The van der Waals surface area contributed by atoms with Gasteiger partial charge in [0.05, 0.1) is 0 Å². The average Bonchev–Trinajstić information content (AvgIpc) is 2.32. The van der Waals surface area contributed by atoms with Gasteiger partial charge >= 0.3 is 0 Å². The summed E-state index contributed by atoms with van der Waals surface area (Å²) < 4.78 is 13.3.